The molecule has 154 valence electrons. The average molecular weight is 398 g/mol. The highest BCUT2D eigenvalue weighted by Crippen LogP contribution is 2.22. The maximum Gasteiger partial charge on any atom is 0.355 e. The monoisotopic (exact) mass is 398 g/mol. The molecular formula is C22H26N2O5. The zero-order chi connectivity index (χ0) is 21.1. The fourth-order valence-corrected chi connectivity index (χ4v) is 3.67. The van der Waals surface area contributed by atoms with Crippen LogP contribution in [0.2, 0.25) is 0 Å². The second-order valence-corrected chi connectivity index (χ2v) is 7.17. The van der Waals surface area contributed by atoms with Crippen LogP contribution in [0.5, 0.6) is 0 Å². The van der Waals surface area contributed by atoms with Gasteiger partial charge in [0.1, 0.15) is 5.69 Å². The van der Waals surface area contributed by atoms with Gasteiger partial charge >= 0.3 is 11.9 Å². The quantitative estimate of drug-likeness (QED) is 0.783. The Morgan fingerprint density at radius 1 is 1.14 bits per heavy atom. The van der Waals surface area contributed by atoms with E-state index >= 15 is 0 Å². The lowest BCUT2D eigenvalue weighted by atomic mass is 9.99. The van der Waals surface area contributed by atoms with Crippen LogP contribution in [0.1, 0.15) is 57.1 Å². The van der Waals surface area contributed by atoms with Crippen LogP contribution < -0.4 is 0 Å². The molecule has 29 heavy (non-hydrogen) atoms. The van der Waals surface area contributed by atoms with Gasteiger partial charge in [0.2, 0.25) is 0 Å². The minimum Gasteiger partial charge on any atom is -0.462 e. The van der Waals surface area contributed by atoms with Crippen LogP contribution in [-0.2, 0) is 27.2 Å². The van der Waals surface area contributed by atoms with Crippen molar-refractivity contribution in [2.45, 2.75) is 46.8 Å². The van der Waals surface area contributed by atoms with Crippen molar-refractivity contribution in [3.05, 3.63) is 57.9 Å². The number of carbonyl (C=O) groups excluding carboxylic acids is 3. The number of hydrogen-bond donors (Lipinski definition) is 1. The van der Waals surface area contributed by atoms with E-state index in [2.05, 4.69) is 11.1 Å². The fourth-order valence-electron chi connectivity index (χ4n) is 3.67. The number of ether oxygens (including phenoxy) is 2. The first kappa shape index (κ1) is 20.6. The van der Waals surface area contributed by atoms with Crippen LogP contribution in [0.15, 0.2) is 24.3 Å². The van der Waals surface area contributed by atoms with Gasteiger partial charge in [-0.1, -0.05) is 24.3 Å². The predicted molar refractivity (Wildman–Crippen MR) is 107 cm³/mol. The molecule has 1 aliphatic rings. The first-order valence-corrected chi connectivity index (χ1v) is 9.76. The highest BCUT2D eigenvalue weighted by Gasteiger charge is 2.29. The van der Waals surface area contributed by atoms with Crippen LogP contribution in [0, 0.1) is 13.8 Å². The van der Waals surface area contributed by atoms with E-state index in [0.717, 1.165) is 12.0 Å². The molecule has 0 saturated carbocycles. The zero-order valence-corrected chi connectivity index (χ0v) is 17.2. The van der Waals surface area contributed by atoms with Crippen molar-refractivity contribution in [1.29, 1.82) is 0 Å². The van der Waals surface area contributed by atoms with Crippen LogP contribution in [0.25, 0.3) is 0 Å². The van der Waals surface area contributed by atoms with Gasteiger partial charge in [0.25, 0.3) is 5.91 Å². The molecule has 0 radical (unpaired) electrons. The number of aromatic nitrogens is 1. The predicted octanol–water partition coefficient (Wildman–Crippen LogP) is 2.94. The fraction of sp³-hybridized carbons (Fsp3) is 0.409. The summed E-state index contributed by atoms with van der Waals surface area (Å²) in [4.78, 5) is 42.1. The number of nitrogens with one attached hydrogen (secondary N) is 1. The highest BCUT2D eigenvalue weighted by molar-refractivity contribution is 5.99. The number of H-pyrrole nitrogens is 1. The van der Waals surface area contributed by atoms with Crippen LogP contribution >= 0.6 is 0 Å². The van der Waals surface area contributed by atoms with E-state index in [9.17, 15) is 14.4 Å². The van der Waals surface area contributed by atoms with Gasteiger partial charge in [0.05, 0.1) is 12.2 Å². The van der Waals surface area contributed by atoms with Gasteiger partial charge in [0.15, 0.2) is 6.10 Å². The lowest BCUT2D eigenvalue weighted by Crippen LogP contribution is -2.42. The van der Waals surface area contributed by atoms with Crippen molar-refractivity contribution in [3.63, 3.8) is 0 Å². The maximum atomic E-state index is 12.8. The minimum absolute atomic E-state index is 0.161. The number of rotatable bonds is 5. The number of hydrogen-bond acceptors (Lipinski definition) is 5. The van der Waals surface area contributed by atoms with Gasteiger partial charge in [-0.3, -0.25) is 4.79 Å². The summed E-state index contributed by atoms with van der Waals surface area (Å²) in [5.74, 6) is -1.40. The second-order valence-electron chi connectivity index (χ2n) is 7.17. The molecule has 1 amide bonds. The molecule has 0 unspecified atom stereocenters. The molecule has 7 heteroatoms. The molecule has 1 aliphatic heterocycles. The Kier molecular flexibility index (Phi) is 6.06. The van der Waals surface area contributed by atoms with Crippen molar-refractivity contribution < 1.29 is 23.9 Å². The molecule has 2 heterocycles. The Balaban J connectivity index is 1.69. The van der Waals surface area contributed by atoms with Crippen molar-refractivity contribution >= 4 is 17.8 Å². The van der Waals surface area contributed by atoms with Gasteiger partial charge in [0, 0.05) is 18.8 Å². The van der Waals surface area contributed by atoms with Crippen molar-refractivity contribution in [3.8, 4) is 0 Å². The summed E-state index contributed by atoms with van der Waals surface area (Å²) in [7, 11) is 0. The molecule has 2 aromatic rings. The average Bonchev–Trinajstić information content (AvgIpc) is 3.01. The van der Waals surface area contributed by atoms with E-state index in [-0.39, 0.29) is 18.2 Å². The maximum absolute atomic E-state index is 12.8. The Bertz CT molecular complexity index is 947. The third kappa shape index (κ3) is 4.18. The van der Waals surface area contributed by atoms with E-state index in [1.165, 1.54) is 5.56 Å². The number of esters is 2. The van der Waals surface area contributed by atoms with Gasteiger partial charge in [-0.15, -0.1) is 0 Å². The summed E-state index contributed by atoms with van der Waals surface area (Å²) in [6.07, 6.45) is -0.151. The third-order valence-electron chi connectivity index (χ3n) is 5.20. The Hall–Kier alpha value is -3.09. The number of amides is 1. The Morgan fingerprint density at radius 3 is 2.52 bits per heavy atom. The molecule has 7 nitrogen and oxygen atoms in total. The molecule has 0 fully saturated rings. The zero-order valence-electron chi connectivity index (χ0n) is 17.2. The third-order valence-corrected chi connectivity index (χ3v) is 5.20. The molecule has 0 saturated heterocycles. The topological polar surface area (TPSA) is 88.7 Å². The standard InChI is InChI=1S/C22H26N2O5/c1-5-28-21(26)18-13(2)19(23-14(18)3)22(27)29-15(4)20(25)24-11-10-16-8-6-7-9-17(16)12-24/h6-9,15,23H,5,10-12H2,1-4H3/t15-/m1/s1. The summed E-state index contributed by atoms with van der Waals surface area (Å²) >= 11 is 0. The molecule has 1 aromatic heterocycles. The first-order valence-electron chi connectivity index (χ1n) is 9.76. The van der Waals surface area contributed by atoms with Crippen molar-refractivity contribution in [2.24, 2.45) is 0 Å². The smallest absolute Gasteiger partial charge is 0.355 e. The van der Waals surface area contributed by atoms with Crippen LogP contribution in [0.3, 0.4) is 0 Å². The van der Waals surface area contributed by atoms with Gasteiger partial charge in [-0.25, -0.2) is 9.59 Å². The first-order chi connectivity index (χ1) is 13.8. The van der Waals surface area contributed by atoms with Crippen LogP contribution in [-0.4, -0.2) is 47.0 Å². The largest absolute Gasteiger partial charge is 0.462 e. The molecule has 0 bridgehead atoms. The van der Waals surface area contributed by atoms with Gasteiger partial charge < -0.3 is 19.4 Å². The Labute approximate surface area is 170 Å². The summed E-state index contributed by atoms with van der Waals surface area (Å²) < 4.78 is 10.5. The van der Waals surface area contributed by atoms with E-state index in [1.54, 1.807) is 32.6 Å². The molecule has 1 atom stereocenters. The minimum atomic E-state index is -0.929. The van der Waals surface area contributed by atoms with Gasteiger partial charge in [-0.2, -0.15) is 0 Å². The lowest BCUT2D eigenvalue weighted by Gasteiger charge is -2.30. The summed E-state index contributed by atoms with van der Waals surface area (Å²) in [5.41, 5.74) is 3.82. The second kappa shape index (κ2) is 8.51. The number of aromatic amines is 1. The van der Waals surface area contributed by atoms with E-state index in [4.69, 9.17) is 9.47 Å². The number of benzene rings is 1. The van der Waals surface area contributed by atoms with Crippen molar-refractivity contribution in [1.82, 2.24) is 9.88 Å². The normalized spacial score (nSPS) is 14.1. The number of nitrogens with zero attached hydrogens (tertiary/aromatic N) is 1. The molecule has 3 rings (SSSR count). The van der Waals surface area contributed by atoms with E-state index in [0.29, 0.717) is 29.9 Å². The molecule has 0 spiro atoms. The number of fused-ring (bicyclic) bond motifs is 1. The molecule has 1 aromatic carbocycles. The SMILES string of the molecule is CCOC(=O)c1c(C)[nH]c(C(=O)O[C@H](C)C(=O)N2CCc3ccccc3C2)c1C. The van der Waals surface area contributed by atoms with E-state index < -0.39 is 18.0 Å². The number of aryl methyl sites for hydroxylation is 1. The Morgan fingerprint density at radius 2 is 1.83 bits per heavy atom. The molecule has 0 aliphatic carbocycles. The molecule has 1 N–H and O–H groups in total. The van der Waals surface area contributed by atoms with Crippen molar-refractivity contribution in [2.75, 3.05) is 13.2 Å². The number of carbonyl (C=O) groups is 3. The van der Waals surface area contributed by atoms with E-state index in [1.807, 2.05) is 18.2 Å². The van der Waals surface area contributed by atoms with Crippen LogP contribution in [0.4, 0.5) is 0 Å². The van der Waals surface area contributed by atoms with Gasteiger partial charge in [-0.05, 0) is 50.8 Å². The lowest BCUT2D eigenvalue weighted by molar-refractivity contribution is -0.140. The molecular weight excluding hydrogens is 372 g/mol. The highest BCUT2D eigenvalue weighted by atomic mass is 16.5. The summed E-state index contributed by atoms with van der Waals surface area (Å²) in [6, 6.07) is 8.02. The summed E-state index contributed by atoms with van der Waals surface area (Å²) in [6.45, 7) is 7.97. The summed E-state index contributed by atoms with van der Waals surface area (Å²) in [5, 5.41) is 0.